The summed E-state index contributed by atoms with van der Waals surface area (Å²) in [5, 5.41) is 2.79. The zero-order valence-corrected chi connectivity index (χ0v) is 17.5. The van der Waals surface area contributed by atoms with Crippen LogP contribution in [0.2, 0.25) is 0 Å². The van der Waals surface area contributed by atoms with Crippen LogP contribution in [0.1, 0.15) is 6.42 Å². The average molecular weight is 429 g/mol. The molecule has 0 fully saturated rings. The number of nitrogens with zero attached hydrogens (tertiary/aromatic N) is 3. The normalized spacial score (nSPS) is 11.1. The Morgan fingerprint density at radius 3 is 2.57 bits per heavy atom. The van der Waals surface area contributed by atoms with Gasteiger partial charge in [0.2, 0.25) is 5.91 Å². The Hall–Kier alpha value is -3.33. The number of imidazole rings is 1. The fourth-order valence-corrected chi connectivity index (χ4v) is 4.40. The summed E-state index contributed by atoms with van der Waals surface area (Å²) in [6, 6.07) is 14.7. The first kappa shape index (κ1) is 21.4. The van der Waals surface area contributed by atoms with Gasteiger partial charge in [0.25, 0.3) is 10.0 Å². The van der Waals surface area contributed by atoms with Crippen LogP contribution in [0.15, 0.2) is 78.2 Å². The van der Waals surface area contributed by atoms with Crippen molar-refractivity contribution in [2.45, 2.75) is 17.9 Å². The highest BCUT2D eigenvalue weighted by Gasteiger charge is 2.29. The lowest BCUT2D eigenvalue weighted by Gasteiger charge is -2.25. The van der Waals surface area contributed by atoms with Crippen LogP contribution in [0.4, 0.5) is 5.69 Å². The number of amides is 1. The van der Waals surface area contributed by atoms with Gasteiger partial charge in [0.15, 0.2) is 0 Å². The third-order valence-corrected chi connectivity index (χ3v) is 6.22. The number of aryl methyl sites for hydroxylation is 1. The molecule has 1 heterocycles. The lowest BCUT2D eigenvalue weighted by Crippen LogP contribution is -2.41. The standard InChI is InChI=1S/C21H24N4O4S/c1-29-20-11-6-5-10-19(20)25(30(27,28)18-8-3-2-4-9-18)16-21(26)23-12-7-14-24-15-13-22-17-24/h2-6,8-11,13,15,17H,7,12,14,16H2,1H3,(H,23,26). The number of hydrogen-bond acceptors (Lipinski definition) is 5. The second-order valence-electron chi connectivity index (χ2n) is 6.50. The second kappa shape index (κ2) is 9.93. The van der Waals surface area contributed by atoms with Crippen LogP contribution in [-0.4, -0.2) is 44.1 Å². The van der Waals surface area contributed by atoms with Crippen LogP contribution in [0, 0.1) is 0 Å². The maximum absolute atomic E-state index is 13.3. The third kappa shape index (κ3) is 5.18. The molecule has 1 aromatic heterocycles. The number of anilines is 1. The molecule has 30 heavy (non-hydrogen) atoms. The molecule has 0 spiro atoms. The number of sulfonamides is 1. The lowest BCUT2D eigenvalue weighted by molar-refractivity contribution is -0.119. The summed E-state index contributed by atoms with van der Waals surface area (Å²) in [7, 11) is -2.51. The lowest BCUT2D eigenvalue weighted by atomic mass is 10.3. The Kier molecular flexibility index (Phi) is 7.08. The van der Waals surface area contributed by atoms with Gasteiger partial charge in [-0.1, -0.05) is 30.3 Å². The molecule has 0 bridgehead atoms. The molecule has 2 aromatic carbocycles. The van der Waals surface area contributed by atoms with Gasteiger partial charge in [-0.2, -0.15) is 0 Å². The highest BCUT2D eigenvalue weighted by Crippen LogP contribution is 2.31. The molecular formula is C21H24N4O4S. The highest BCUT2D eigenvalue weighted by atomic mass is 32.2. The zero-order chi connectivity index (χ0) is 21.4. The number of carbonyl (C=O) groups is 1. The number of aromatic nitrogens is 2. The molecule has 0 aliphatic heterocycles. The summed E-state index contributed by atoms with van der Waals surface area (Å²) >= 11 is 0. The van der Waals surface area contributed by atoms with Gasteiger partial charge in [-0.05, 0) is 30.7 Å². The van der Waals surface area contributed by atoms with Crippen molar-refractivity contribution in [1.82, 2.24) is 14.9 Å². The fourth-order valence-electron chi connectivity index (χ4n) is 2.95. The number of ether oxygens (including phenoxy) is 1. The largest absolute Gasteiger partial charge is 0.495 e. The van der Waals surface area contributed by atoms with Crippen molar-refractivity contribution in [3.63, 3.8) is 0 Å². The molecule has 0 radical (unpaired) electrons. The number of benzene rings is 2. The van der Waals surface area contributed by atoms with Gasteiger partial charge in [-0.25, -0.2) is 13.4 Å². The van der Waals surface area contributed by atoms with E-state index in [1.54, 1.807) is 55.0 Å². The SMILES string of the molecule is COc1ccccc1N(CC(=O)NCCCn1ccnc1)S(=O)(=O)c1ccccc1. The van der Waals surface area contributed by atoms with Crippen molar-refractivity contribution >= 4 is 21.6 Å². The number of methoxy groups -OCH3 is 1. The molecule has 0 saturated heterocycles. The smallest absolute Gasteiger partial charge is 0.264 e. The molecule has 1 N–H and O–H groups in total. The number of hydrogen-bond donors (Lipinski definition) is 1. The van der Waals surface area contributed by atoms with Gasteiger partial charge in [0, 0.05) is 25.5 Å². The molecule has 1 amide bonds. The topological polar surface area (TPSA) is 93.5 Å². The first-order chi connectivity index (χ1) is 14.5. The molecule has 8 nitrogen and oxygen atoms in total. The molecule has 158 valence electrons. The van der Waals surface area contributed by atoms with E-state index in [4.69, 9.17) is 4.74 Å². The monoisotopic (exact) mass is 428 g/mol. The van der Waals surface area contributed by atoms with Gasteiger partial charge in [0.05, 0.1) is 24.0 Å². The molecule has 9 heteroatoms. The van der Waals surface area contributed by atoms with Crippen molar-refractivity contribution in [2.75, 3.05) is 24.5 Å². The van der Waals surface area contributed by atoms with E-state index in [2.05, 4.69) is 10.3 Å². The van der Waals surface area contributed by atoms with E-state index in [0.717, 1.165) is 4.31 Å². The van der Waals surface area contributed by atoms with E-state index in [0.29, 0.717) is 30.9 Å². The maximum atomic E-state index is 13.3. The van der Waals surface area contributed by atoms with E-state index < -0.39 is 15.9 Å². The summed E-state index contributed by atoms with van der Waals surface area (Å²) in [6.07, 6.45) is 5.94. The van der Waals surface area contributed by atoms with Gasteiger partial charge in [-0.3, -0.25) is 9.10 Å². The summed E-state index contributed by atoms with van der Waals surface area (Å²) in [6.45, 7) is 0.768. The fraction of sp³-hybridized carbons (Fsp3) is 0.238. The zero-order valence-electron chi connectivity index (χ0n) is 16.6. The van der Waals surface area contributed by atoms with Crippen molar-refractivity contribution < 1.29 is 17.9 Å². The Morgan fingerprint density at radius 2 is 1.87 bits per heavy atom. The number of carbonyl (C=O) groups excluding carboxylic acids is 1. The van der Waals surface area contributed by atoms with Crippen LogP contribution in [0.5, 0.6) is 5.75 Å². The number of nitrogens with one attached hydrogen (secondary N) is 1. The van der Waals surface area contributed by atoms with Gasteiger partial charge >= 0.3 is 0 Å². The number of para-hydroxylation sites is 2. The van der Waals surface area contributed by atoms with Crippen molar-refractivity contribution in [2.24, 2.45) is 0 Å². The van der Waals surface area contributed by atoms with Crippen LogP contribution in [0.25, 0.3) is 0 Å². The molecule has 3 rings (SSSR count). The van der Waals surface area contributed by atoms with E-state index in [9.17, 15) is 13.2 Å². The predicted octanol–water partition coefficient (Wildman–Crippen LogP) is 2.29. The minimum absolute atomic E-state index is 0.101. The Balaban J connectivity index is 1.77. The Bertz CT molecular complexity index is 1050. The highest BCUT2D eigenvalue weighted by molar-refractivity contribution is 7.92. The summed E-state index contributed by atoms with van der Waals surface area (Å²) in [5.41, 5.74) is 0.303. The molecule has 0 unspecified atom stereocenters. The Labute approximate surface area is 176 Å². The quantitative estimate of drug-likeness (QED) is 0.500. The average Bonchev–Trinajstić information content (AvgIpc) is 3.29. The molecule has 0 aliphatic carbocycles. The van der Waals surface area contributed by atoms with Crippen LogP contribution >= 0.6 is 0 Å². The summed E-state index contributed by atoms with van der Waals surface area (Å²) < 4.78 is 34.9. The van der Waals surface area contributed by atoms with E-state index >= 15 is 0 Å². The molecule has 0 atom stereocenters. The first-order valence-electron chi connectivity index (χ1n) is 9.45. The summed E-state index contributed by atoms with van der Waals surface area (Å²) in [4.78, 5) is 16.7. The summed E-state index contributed by atoms with van der Waals surface area (Å²) in [5.74, 6) is -0.0315. The van der Waals surface area contributed by atoms with Crippen molar-refractivity contribution in [3.05, 3.63) is 73.3 Å². The van der Waals surface area contributed by atoms with E-state index in [1.807, 2.05) is 10.8 Å². The predicted molar refractivity (Wildman–Crippen MR) is 114 cm³/mol. The molecule has 3 aromatic rings. The van der Waals surface area contributed by atoms with Crippen LogP contribution in [-0.2, 0) is 21.4 Å². The molecule has 0 saturated carbocycles. The molecular weight excluding hydrogens is 404 g/mol. The minimum Gasteiger partial charge on any atom is -0.495 e. The van der Waals surface area contributed by atoms with Crippen molar-refractivity contribution in [3.8, 4) is 5.75 Å². The van der Waals surface area contributed by atoms with Gasteiger partial charge < -0.3 is 14.6 Å². The van der Waals surface area contributed by atoms with E-state index in [-0.39, 0.29) is 11.4 Å². The maximum Gasteiger partial charge on any atom is 0.264 e. The third-order valence-electron chi connectivity index (χ3n) is 4.45. The first-order valence-corrected chi connectivity index (χ1v) is 10.9. The van der Waals surface area contributed by atoms with E-state index in [1.165, 1.54) is 19.2 Å². The second-order valence-corrected chi connectivity index (χ2v) is 8.36. The van der Waals surface area contributed by atoms with Crippen molar-refractivity contribution in [1.29, 1.82) is 0 Å². The van der Waals surface area contributed by atoms with Gasteiger partial charge in [-0.15, -0.1) is 0 Å². The minimum atomic E-state index is -3.97. The Morgan fingerprint density at radius 1 is 1.13 bits per heavy atom. The molecule has 0 aliphatic rings. The van der Waals surface area contributed by atoms with Crippen LogP contribution in [0.3, 0.4) is 0 Å². The number of rotatable bonds is 10. The van der Waals surface area contributed by atoms with Crippen LogP contribution < -0.4 is 14.4 Å². The van der Waals surface area contributed by atoms with Gasteiger partial charge in [0.1, 0.15) is 12.3 Å².